The topological polar surface area (TPSA) is 45.8 Å². The van der Waals surface area contributed by atoms with Crippen molar-refractivity contribution in [3.8, 4) is 0 Å². The smallest absolute Gasteiger partial charge is 0.116 e. The van der Waals surface area contributed by atoms with Gasteiger partial charge in [0.1, 0.15) is 6.33 Å². The van der Waals surface area contributed by atoms with Gasteiger partial charge < -0.3 is 0 Å². The minimum Gasteiger partial charge on any atom is -0.243 e. The molecule has 0 aliphatic carbocycles. The number of rotatable bonds is 1. The number of halogens is 1. The van der Waals surface area contributed by atoms with Crippen molar-refractivity contribution in [1.82, 2.24) is 9.66 Å². The zero-order valence-corrected chi connectivity index (χ0v) is 9.04. The number of benzene rings is 1. The van der Waals surface area contributed by atoms with Crippen LogP contribution in [0.1, 0.15) is 5.56 Å². The molecule has 1 aliphatic heterocycles. The summed E-state index contributed by atoms with van der Waals surface area (Å²) in [6.45, 7) is 0.659. The van der Waals surface area contributed by atoms with Crippen molar-refractivity contribution in [2.45, 2.75) is 6.54 Å². The van der Waals surface area contributed by atoms with Crippen LogP contribution in [0.2, 0.25) is 5.02 Å². The van der Waals surface area contributed by atoms with Crippen LogP contribution in [0.15, 0.2) is 47.3 Å². The van der Waals surface area contributed by atoms with Crippen molar-refractivity contribution in [3.63, 3.8) is 0 Å². The molecular formula is C10H8ClN5. The van der Waals surface area contributed by atoms with E-state index in [1.165, 1.54) is 0 Å². The van der Waals surface area contributed by atoms with Gasteiger partial charge in [-0.2, -0.15) is 5.12 Å². The van der Waals surface area contributed by atoms with E-state index in [9.17, 15) is 0 Å². The maximum absolute atomic E-state index is 5.88. The molecule has 2 aromatic rings. The number of hydrogen-bond donors (Lipinski definition) is 0. The second-order valence-corrected chi connectivity index (χ2v) is 3.87. The van der Waals surface area contributed by atoms with Crippen molar-refractivity contribution in [2.24, 2.45) is 10.3 Å². The predicted molar refractivity (Wildman–Crippen MR) is 60.1 cm³/mol. The SMILES string of the molecule is Clc1ccc2c(c1)N=NN(n1ccnc1)C2. The molecule has 3 rings (SSSR count). The van der Waals surface area contributed by atoms with Crippen LogP contribution in [0.5, 0.6) is 0 Å². The molecule has 80 valence electrons. The van der Waals surface area contributed by atoms with Crippen molar-refractivity contribution in [2.75, 3.05) is 5.12 Å². The normalized spacial score (nSPS) is 13.9. The summed E-state index contributed by atoms with van der Waals surface area (Å²) in [6, 6.07) is 5.62. The quantitative estimate of drug-likeness (QED) is 0.760. The zero-order valence-electron chi connectivity index (χ0n) is 8.29. The van der Waals surface area contributed by atoms with Crippen LogP contribution in [0.4, 0.5) is 5.69 Å². The summed E-state index contributed by atoms with van der Waals surface area (Å²) in [4.78, 5) is 3.97. The van der Waals surface area contributed by atoms with Crippen molar-refractivity contribution >= 4 is 17.3 Å². The van der Waals surface area contributed by atoms with E-state index in [1.807, 2.05) is 24.4 Å². The van der Waals surface area contributed by atoms with Crippen LogP contribution < -0.4 is 5.12 Å². The summed E-state index contributed by atoms with van der Waals surface area (Å²) in [6.07, 6.45) is 5.20. The lowest BCUT2D eigenvalue weighted by atomic mass is 10.2. The van der Waals surface area contributed by atoms with Crippen LogP contribution in [-0.2, 0) is 6.54 Å². The Bertz CT molecular complexity index is 534. The van der Waals surface area contributed by atoms with Crippen LogP contribution in [0.25, 0.3) is 0 Å². The van der Waals surface area contributed by atoms with E-state index in [4.69, 9.17) is 11.6 Å². The van der Waals surface area contributed by atoms with Crippen LogP contribution in [0, 0.1) is 0 Å². The molecule has 0 atom stereocenters. The number of fused-ring (bicyclic) bond motifs is 1. The van der Waals surface area contributed by atoms with E-state index in [-0.39, 0.29) is 0 Å². The first kappa shape index (κ1) is 9.35. The second-order valence-electron chi connectivity index (χ2n) is 3.44. The van der Waals surface area contributed by atoms with Crippen molar-refractivity contribution < 1.29 is 0 Å². The Morgan fingerprint density at radius 2 is 2.25 bits per heavy atom. The first-order valence-electron chi connectivity index (χ1n) is 4.79. The minimum absolute atomic E-state index is 0.659. The van der Waals surface area contributed by atoms with Gasteiger partial charge >= 0.3 is 0 Å². The Kier molecular flexibility index (Phi) is 2.11. The van der Waals surface area contributed by atoms with Crippen LogP contribution >= 0.6 is 11.6 Å². The summed E-state index contributed by atoms with van der Waals surface area (Å²) in [7, 11) is 0. The van der Waals surface area contributed by atoms with Gasteiger partial charge in [0.2, 0.25) is 0 Å². The molecule has 5 nitrogen and oxygen atoms in total. The summed E-state index contributed by atoms with van der Waals surface area (Å²) >= 11 is 5.88. The Hall–Kier alpha value is -1.88. The van der Waals surface area contributed by atoms with Crippen LogP contribution in [-0.4, -0.2) is 9.66 Å². The average Bonchev–Trinajstić information content (AvgIpc) is 2.82. The molecule has 2 heterocycles. The third-order valence-electron chi connectivity index (χ3n) is 2.37. The third-order valence-corrected chi connectivity index (χ3v) is 2.61. The fourth-order valence-electron chi connectivity index (χ4n) is 1.56. The number of imidazole rings is 1. The van der Waals surface area contributed by atoms with E-state index < -0.39 is 0 Å². The molecule has 6 heteroatoms. The minimum atomic E-state index is 0.659. The molecule has 0 fully saturated rings. The molecule has 16 heavy (non-hydrogen) atoms. The summed E-state index contributed by atoms with van der Waals surface area (Å²) in [5.74, 6) is 0. The van der Waals surface area contributed by atoms with Gasteiger partial charge in [-0.3, -0.25) is 0 Å². The van der Waals surface area contributed by atoms with E-state index in [0.717, 1.165) is 11.3 Å². The molecule has 0 saturated carbocycles. The van der Waals surface area contributed by atoms with Gasteiger partial charge in [-0.15, -0.1) is 5.11 Å². The van der Waals surface area contributed by atoms with Gasteiger partial charge in [-0.05, 0) is 17.4 Å². The molecule has 1 aromatic heterocycles. The Balaban J connectivity index is 1.96. The van der Waals surface area contributed by atoms with Crippen LogP contribution in [0.3, 0.4) is 0 Å². The Labute approximate surface area is 96.9 Å². The van der Waals surface area contributed by atoms with Crippen molar-refractivity contribution in [1.29, 1.82) is 0 Å². The summed E-state index contributed by atoms with van der Waals surface area (Å²) < 4.78 is 1.78. The molecule has 0 amide bonds. The molecule has 1 aromatic carbocycles. The zero-order chi connectivity index (χ0) is 11.0. The third kappa shape index (κ3) is 1.55. The fraction of sp³-hybridized carbons (Fsp3) is 0.100. The van der Waals surface area contributed by atoms with E-state index in [1.54, 1.807) is 22.3 Å². The van der Waals surface area contributed by atoms with Gasteiger partial charge in [-0.1, -0.05) is 17.7 Å². The van der Waals surface area contributed by atoms with Gasteiger partial charge in [0, 0.05) is 23.0 Å². The number of nitrogens with zero attached hydrogens (tertiary/aromatic N) is 5. The highest BCUT2D eigenvalue weighted by Gasteiger charge is 2.14. The summed E-state index contributed by atoms with van der Waals surface area (Å²) in [5, 5.41) is 10.6. The first-order chi connectivity index (χ1) is 7.83. The molecule has 1 aliphatic rings. The van der Waals surface area contributed by atoms with E-state index in [0.29, 0.717) is 11.6 Å². The largest absolute Gasteiger partial charge is 0.243 e. The number of aromatic nitrogens is 2. The second kappa shape index (κ2) is 3.61. The fourth-order valence-corrected chi connectivity index (χ4v) is 1.73. The number of hydrogen-bond acceptors (Lipinski definition) is 4. The monoisotopic (exact) mass is 233 g/mol. The molecule has 0 N–H and O–H groups in total. The standard InChI is InChI=1S/C10H8ClN5/c11-9-2-1-8-6-16(14-13-10(8)5-9)15-4-3-12-7-15/h1-5,7H,6H2. The Morgan fingerprint density at radius 1 is 1.31 bits per heavy atom. The molecule has 0 radical (unpaired) electrons. The molecule has 0 unspecified atom stereocenters. The van der Waals surface area contributed by atoms with Gasteiger partial charge in [0.15, 0.2) is 0 Å². The predicted octanol–water partition coefficient (Wildman–Crippen LogP) is 2.69. The first-order valence-corrected chi connectivity index (χ1v) is 5.16. The highest BCUT2D eigenvalue weighted by atomic mass is 35.5. The molecule has 0 bridgehead atoms. The maximum Gasteiger partial charge on any atom is 0.116 e. The van der Waals surface area contributed by atoms with Gasteiger partial charge in [0.25, 0.3) is 0 Å². The molecular weight excluding hydrogens is 226 g/mol. The Morgan fingerprint density at radius 3 is 3.06 bits per heavy atom. The summed E-state index contributed by atoms with van der Waals surface area (Å²) in [5.41, 5.74) is 1.91. The lowest BCUT2D eigenvalue weighted by Gasteiger charge is -2.22. The van der Waals surface area contributed by atoms with E-state index >= 15 is 0 Å². The lowest BCUT2D eigenvalue weighted by Crippen LogP contribution is -2.28. The van der Waals surface area contributed by atoms with Gasteiger partial charge in [-0.25, -0.2) is 9.66 Å². The average molecular weight is 234 g/mol. The lowest BCUT2D eigenvalue weighted by molar-refractivity contribution is 0.566. The van der Waals surface area contributed by atoms with E-state index in [2.05, 4.69) is 15.3 Å². The maximum atomic E-state index is 5.88. The molecule has 0 saturated heterocycles. The van der Waals surface area contributed by atoms with Gasteiger partial charge in [0.05, 0.1) is 12.2 Å². The highest BCUT2D eigenvalue weighted by molar-refractivity contribution is 6.30. The molecule has 0 spiro atoms. The highest BCUT2D eigenvalue weighted by Crippen LogP contribution is 2.28. The van der Waals surface area contributed by atoms with Crippen molar-refractivity contribution in [3.05, 3.63) is 47.5 Å².